The van der Waals surface area contributed by atoms with Crippen molar-refractivity contribution < 1.29 is 9.53 Å². The molecular formula is C9H7BrIN2O2P. The van der Waals surface area contributed by atoms with Crippen molar-refractivity contribution in [3.8, 4) is 0 Å². The number of benzene rings is 1. The highest BCUT2D eigenvalue weighted by Gasteiger charge is 2.17. The molecule has 0 bridgehead atoms. The predicted octanol–water partition coefficient (Wildman–Crippen LogP) is 3.38. The standard InChI is InChI=1S/C9H7BrIN2O2P/c1-15-9(14)8-6-4-5(10)2-3-7(6)13(12-8)16-11/h2-4,16H,1H3. The number of hydrogen-bond donors (Lipinski definition) is 0. The quantitative estimate of drug-likeness (QED) is 0.431. The minimum Gasteiger partial charge on any atom is -0.464 e. The zero-order valence-corrected chi connectivity index (χ0v) is 12.9. The average Bonchev–Trinajstić information content (AvgIpc) is 2.66. The van der Waals surface area contributed by atoms with E-state index in [1.807, 2.05) is 18.2 Å². The van der Waals surface area contributed by atoms with Gasteiger partial charge >= 0.3 is 5.97 Å². The molecule has 0 aliphatic carbocycles. The summed E-state index contributed by atoms with van der Waals surface area (Å²) in [6, 6.07) is 5.74. The third-order valence-electron chi connectivity index (χ3n) is 2.10. The molecule has 0 saturated carbocycles. The molecule has 1 atom stereocenters. The van der Waals surface area contributed by atoms with Gasteiger partial charge in [0.2, 0.25) is 0 Å². The van der Waals surface area contributed by atoms with Gasteiger partial charge in [-0.1, -0.05) is 15.9 Å². The molecule has 2 rings (SSSR count). The van der Waals surface area contributed by atoms with Crippen molar-refractivity contribution in [3.05, 3.63) is 28.4 Å². The molecule has 1 heterocycles. The van der Waals surface area contributed by atoms with Gasteiger partial charge in [-0.05, 0) is 40.2 Å². The summed E-state index contributed by atoms with van der Waals surface area (Å²) in [6.45, 7) is 0. The van der Waals surface area contributed by atoms with E-state index in [2.05, 4.69) is 43.1 Å². The van der Waals surface area contributed by atoms with E-state index in [4.69, 9.17) is 4.74 Å². The lowest BCUT2D eigenvalue weighted by Gasteiger charge is -1.96. The fourth-order valence-electron chi connectivity index (χ4n) is 1.40. The molecule has 0 fully saturated rings. The number of halogens is 2. The van der Waals surface area contributed by atoms with Gasteiger partial charge in [-0.2, -0.15) is 5.10 Å². The lowest BCUT2D eigenvalue weighted by Crippen LogP contribution is -2.02. The molecule has 0 amide bonds. The number of carbonyl (C=O) groups excluding carboxylic acids is 1. The topological polar surface area (TPSA) is 44.1 Å². The summed E-state index contributed by atoms with van der Waals surface area (Å²) >= 11 is 5.60. The van der Waals surface area contributed by atoms with E-state index in [-0.39, 0.29) is 0 Å². The number of ether oxygens (including phenoxy) is 1. The molecule has 0 spiro atoms. The molecule has 0 saturated heterocycles. The first-order valence-electron chi connectivity index (χ1n) is 4.30. The summed E-state index contributed by atoms with van der Waals surface area (Å²) < 4.78 is 7.43. The Kier molecular flexibility index (Phi) is 3.81. The molecule has 0 N–H and O–H groups in total. The van der Waals surface area contributed by atoms with E-state index in [1.54, 1.807) is 4.45 Å². The van der Waals surface area contributed by atoms with Gasteiger partial charge in [-0.25, -0.2) is 9.25 Å². The van der Waals surface area contributed by atoms with E-state index in [9.17, 15) is 4.79 Å². The van der Waals surface area contributed by atoms with E-state index in [0.29, 0.717) is 12.1 Å². The second-order valence-corrected chi connectivity index (χ2v) is 5.95. The summed E-state index contributed by atoms with van der Waals surface area (Å²) in [5.41, 5.74) is 1.30. The van der Waals surface area contributed by atoms with Crippen molar-refractivity contribution in [2.24, 2.45) is 0 Å². The van der Waals surface area contributed by atoms with Crippen LogP contribution in [0.3, 0.4) is 0 Å². The average molecular weight is 413 g/mol. The minimum absolute atomic E-state index is 0.364. The second-order valence-electron chi connectivity index (χ2n) is 3.00. The number of rotatable bonds is 2. The van der Waals surface area contributed by atoms with Gasteiger partial charge in [0.1, 0.15) is 0 Å². The third-order valence-corrected chi connectivity index (χ3v) is 4.47. The van der Waals surface area contributed by atoms with Gasteiger partial charge in [-0.3, -0.25) is 0 Å². The smallest absolute Gasteiger partial charge is 0.359 e. The fourth-order valence-corrected chi connectivity index (χ4v) is 3.29. The van der Waals surface area contributed by atoms with Crippen LogP contribution >= 0.6 is 44.3 Å². The van der Waals surface area contributed by atoms with Crippen LogP contribution in [-0.2, 0) is 4.74 Å². The highest BCUT2D eigenvalue weighted by molar-refractivity contribution is 14.2. The van der Waals surface area contributed by atoms with Crippen LogP contribution in [0, 0.1) is 0 Å². The normalized spacial score (nSPS) is 11.4. The van der Waals surface area contributed by atoms with Crippen molar-refractivity contribution in [3.63, 3.8) is 0 Å². The Labute approximate surface area is 115 Å². The van der Waals surface area contributed by atoms with Crippen LogP contribution in [0.4, 0.5) is 0 Å². The van der Waals surface area contributed by atoms with Crippen LogP contribution in [0.1, 0.15) is 10.5 Å². The van der Waals surface area contributed by atoms with Crippen LogP contribution in [-0.4, -0.2) is 22.6 Å². The van der Waals surface area contributed by atoms with Crippen LogP contribution in [0.2, 0.25) is 0 Å². The Bertz CT molecular complexity index is 558. The molecule has 4 nitrogen and oxygen atoms in total. The Balaban J connectivity index is 2.73. The second kappa shape index (κ2) is 4.98. The highest BCUT2D eigenvalue weighted by Crippen LogP contribution is 2.31. The lowest BCUT2D eigenvalue weighted by molar-refractivity contribution is 0.0596. The zero-order valence-electron chi connectivity index (χ0n) is 8.20. The molecule has 1 aromatic carbocycles. The summed E-state index contributed by atoms with van der Waals surface area (Å²) in [7, 11) is 1.36. The molecule has 16 heavy (non-hydrogen) atoms. The SMILES string of the molecule is COC(=O)c1nn(PI)c2ccc(Br)cc12. The summed E-state index contributed by atoms with van der Waals surface area (Å²) in [4.78, 5) is 11.6. The number of carbonyl (C=O) groups is 1. The third kappa shape index (κ3) is 2.10. The maximum Gasteiger partial charge on any atom is 0.359 e. The van der Waals surface area contributed by atoms with Gasteiger partial charge in [-0.15, -0.1) is 0 Å². The fraction of sp³-hybridized carbons (Fsp3) is 0.111. The molecule has 0 aliphatic heterocycles. The van der Waals surface area contributed by atoms with Crippen molar-refractivity contribution in [1.29, 1.82) is 0 Å². The van der Waals surface area contributed by atoms with Crippen molar-refractivity contribution >= 4 is 61.2 Å². The number of hydrogen-bond acceptors (Lipinski definition) is 3. The van der Waals surface area contributed by atoms with Crippen molar-refractivity contribution in [1.82, 2.24) is 9.55 Å². The summed E-state index contributed by atoms with van der Waals surface area (Å²) in [6.07, 6.45) is 0.448. The first-order valence-corrected chi connectivity index (χ1v) is 9.16. The number of fused-ring (bicyclic) bond motifs is 1. The van der Waals surface area contributed by atoms with Gasteiger partial charge in [0.15, 0.2) is 5.69 Å². The van der Waals surface area contributed by atoms with Crippen LogP contribution in [0.15, 0.2) is 22.7 Å². The number of esters is 1. The zero-order chi connectivity index (χ0) is 11.7. The molecule has 2 aromatic rings. The predicted molar refractivity (Wildman–Crippen MR) is 76.5 cm³/mol. The number of aromatic nitrogens is 2. The maximum absolute atomic E-state index is 11.6. The molecule has 1 unspecified atom stereocenters. The van der Waals surface area contributed by atoms with E-state index in [1.165, 1.54) is 7.11 Å². The van der Waals surface area contributed by atoms with Gasteiger partial charge < -0.3 is 4.74 Å². The first kappa shape index (κ1) is 12.3. The maximum atomic E-state index is 11.6. The lowest BCUT2D eigenvalue weighted by atomic mass is 10.2. The number of nitrogens with zero attached hydrogens (tertiary/aromatic N) is 2. The number of methoxy groups -OCH3 is 1. The Hall–Kier alpha value is -0.200. The van der Waals surface area contributed by atoms with Gasteiger partial charge in [0, 0.05) is 9.86 Å². The van der Waals surface area contributed by atoms with Crippen LogP contribution in [0.25, 0.3) is 10.9 Å². The highest BCUT2D eigenvalue weighted by atomic mass is 127. The monoisotopic (exact) mass is 412 g/mol. The molecule has 0 radical (unpaired) electrons. The van der Waals surface area contributed by atoms with Crippen LogP contribution in [0.5, 0.6) is 0 Å². The van der Waals surface area contributed by atoms with Gasteiger partial charge in [0.25, 0.3) is 0 Å². The van der Waals surface area contributed by atoms with Crippen molar-refractivity contribution in [2.75, 3.05) is 7.11 Å². The van der Waals surface area contributed by atoms with E-state index in [0.717, 1.165) is 15.4 Å². The van der Waals surface area contributed by atoms with E-state index < -0.39 is 5.97 Å². The first-order chi connectivity index (χ1) is 7.67. The largest absolute Gasteiger partial charge is 0.464 e. The van der Waals surface area contributed by atoms with Crippen molar-refractivity contribution in [2.45, 2.75) is 0 Å². The van der Waals surface area contributed by atoms with E-state index >= 15 is 0 Å². The molecule has 1 aromatic heterocycles. The summed E-state index contributed by atoms with van der Waals surface area (Å²) in [5.74, 6) is -0.406. The molecule has 7 heteroatoms. The Morgan fingerprint density at radius 2 is 2.38 bits per heavy atom. The molecule has 84 valence electrons. The van der Waals surface area contributed by atoms with Crippen LogP contribution < -0.4 is 0 Å². The molecule has 0 aliphatic rings. The van der Waals surface area contributed by atoms with Gasteiger partial charge in [0.05, 0.1) is 19.0 Å². The molecular weight excluding hydrogens is 406 g/mol. The Morgan fingerprint density at radius 1 is 1.62 bits per heavy atom. The Morgan fingerprint density at radius 3 is 3.00 bits per heavy atom. The summed E-state index contributed by atoms with van der Waals surface area (Å²) in [5, 5.41) is 5.06. The minimum atomic E-state index is -0.406.